The van der Waals surface area contributed by atoms with Gasteiger partial charge in [-0.15, -0.1) is 0 Å². The summed E-state index contributed by atoms with van der Waals surface area (Å²) < 4.78 is 77.1. The van der Waals surface area contributed by atoms with Crippen LogP contribution in [0.1, 0.15) is 47.8 Å². The number of ether oxygens (including phenoxy) is 1. The maximum Gasteiger partial charge on any atom is 0.305 e. The van der Waals surface area contributed by atoms with Gasteiger partial charge >= 0.3 is 5.97 Å². The third-order valence-electron chi connectivity index (χ3n) is 7.09. The smallest absolute Gasteiger partial charge is 0.305 e. The molecule has 1 saturated heterocycles. The lowest BCUT2D eigenvalue weighted by Crippen LogP contribution is -2.46. The highest BCUT2D eigenvalue weighted by Crippen LogP contribution is 2.32. The molecule has 0 unspecified atom stereocenters. The van der Waals surface area contributed by atoms with Crippen molar-refractivity contribution < 1.29 is 25.1 Å². The Bertz CT molecular complexity index is 1630. The molecule has 6 heteroatoms. The first-order valence-electron chi connectivity index (χ1n) is 17.8. The van der Waals surface area contributed by atoms with E-state index in [0.29, 0.717) is 12.0 Å². The van der Waals surface area contributed by atoms with Crippen molar-refractivity contribution in [2.45, 2.75) is 25.7 Å². The average Bonchev–Trinajstić information content (AvgIpc) is 3.06. The topological polar surface area (TPSA) is 39.0 Å². The summed E-state index contributed by atoms with van der Waals surface area (Å²) in [5.74, 6) is -0.172. The van der Waals surface area contributed by atoms with Crippen LogP contribution in [0.4, 0.5) is 11.4 Å². The molecule has 0 spiro atoms. The van der Waals surface area contributed by atoms with E-state index in [9.17, 15) is 4.79 Å². The molecule has 40 heavy (non-hydrogen) atoms. The lowest BCUT2D eigenvalue weighted by atomic mass is 9.90. The van der Waals surface area contributed by atoms with Crippen LogP contribution >= 0.6 is 0 Å². The zero-order chi connectivity index (χ0) is 35.4. The molecule has 212 valence electrons. The summed E-state index contributed by atoms with van der Waals surface area (Å²) in [5.41, 5.74) is 1.60. The predicted octanol–water partition coefficient (Wildman–Crippen LogP) is 5.25. The number of hydrogen-bond donors (Lipinski definition) is 0. The lowest BCUT2D eigenvalue weighted by molar-refractivity contribution is -0.462. The molecule has 2 aromatic rings. The predicted molar refractivity (Wildman–Crippen MR) is 168 cm³/mol. The summed E-state index contributed by atoms with van der Waals surface area (Å²) in [6.45, 7) is 4.36. The van der Waals surface area contributed by atoms with Gasteiger partial charge in [-0.1, -0.05) is 30.6 Å². The van der Waals surface area contributed by atoms with Crippen molar-refractivity contribution in [1.29, 1.82) is 0 Å². The third-order valence-corrected chi connectivity index (χ3v) is 7.09. The second-order valence-corrected chi connectivity index (χ2v) is 10.4. The molecule has 6 nitrogen and oxygen atoms in total. The molecule has 4 rings (SSSR count). The molecule has 1 heterocycles. The Morgan fingerprint density at radius 1 is 0.900 bits per heavy atom. The summed E-state index contributed by atoms with van der Waals surface area (Å²) in [6, 6.07) is 5.06. The molecule has 2 aromatic carbocycles. The largest absolute Gasteiger partial charge is 0.469 e. The Kier molecular flexibility index (Phi) is 7.16. The fourth-order valence-electron chi connectivity index (χ4n) is 4.67. The standard InChI is InChI=1S/C34H45N4O2/c1-35(2)30-16-10-27(11-17-30)34(28-12-18-31(19-13-28)36(3)4)29-14-20-32(21-15-29)38-25-23-37(24-26-38)22-8-6-7-9-33(39)40-5/h10-21H,6-9,22-26H2,1-5H3/q+1/i10D,11D,12D,13D,16D,17D,18D,19D. The highest BCUT2D eigenvalue weighted by atomic mass is 16.5. The van der Waals surface area contributed by atoms with Crippen LogP contribution in [0.3, 0.4) is 0 Å². The minimum Gasteiger partial charge on any atom is -0.469 e. The first-order chi connectivity index (χ1) is 22.7. The number of carbonyl (C=O) groups is 1. The Morgan fingerprint density at radius 3 is 2.12 bits per heavy atom. The number of nitrogens with zero attached hydrogens (tertiary/aromatic N) is 4. The van der Waals surface area contributed by atoms with Gasteiger partial charge in [-0.2, -0.15) is 0 Å². The SMILES string of the molecule is [2H]C1=C([2H])C(=[N+](C)C)C([2H])=C([2H])C1=C(c1ccc(N2CCN(CCCCCC(=O)OC)CC2)cc1)c1c([2H])c([2H])c(N(C)C)c([2H])c1[2H]. The van der Waals surface area contributed by atoms with E-state index in [1.807, 2.05) is 12.1 Å². The molecule has 2 aliphatic rings. The Hall–Kier alpha value is -3.64. The number of allylic oxidation sites excluding steroid dienone is 5. The van der Waals surface area contributed by atoms with Crippen molar-refractivity contribution in [2.75, 3.05) is 77.8 Å². The van der Waals surface area contributed by atoms with Gasteiger partial charge < -0.3 is 14.5 Å². The van der Waals surface area contributed by atoms with Crippen LogP contribution in [0.25, 0.3) is 5.57 Å². The van der Waals surface area contributed by atoms with Crippen LogP contribution in [-0.2, 0) is 9.53 Å². The van der Waals surface area contributed by atoms with Crippen LogP contribution in [0.5, 0.6) is 0 Å². The summed E-state index contributed by atoms with van der Waals surface area (Å²) in [6.07, 6.45) is 3.26. The van der Waals surface area contributed by atoms with E-state index in [0.717, 1.165) is 57.7 Å². The van der Waals surface area contributed by atoms with E-state index in [1.165, 1.54) is 16.6 Å². The molecule has 1 aliphatic carbocycles. The van der Waals surface area contributed by atoms with Gasteiger partial charge in [0.25, 0.3) is 0 Å². The number of rotatable bonds is 10. The monoisotopic (exact) mass is 549 g/mol. The summed E-state index contributed by atoms with van der Waals surface area (Å²) in [5, 5.41) is 0. The van der Waals surface area contributed by atoms with Gasteiger partial charge in [0, 0.05) is 70.2 Å². The molecule has 0 radical (unpaired) electrons. The number of hydrogen-bond acceptors (Lipinski definition) is 5. The quantitative estimate of drug-likeness (QED) is 0.230. The highest BCUT2D eigenvalue weighted by molar-refractivity contribution is 6.04. The number of piperazine rings is 1. The molecule has 1 fully saturated rings. The third kappa shape index (κ3) is 7.72. The zero-order valence-corrected chi connectivity index (χ0v) is 24.3. The van der Waals surface area contributed by atoms with Crippen LogP contribution in [0, 0.1) is 0 Å². The van der Waals surface area contributed by atoms with Gasteiger partial charge in [-0.25, -0.2) is 4.58 Å². The first kappa shape index (κ1) is 20.3. The van der Waals surface area contributed by atoms with Crippen molar-refractivity contribution >= 4 is 28.6 Å². The Balaban J connectivity index is 1.72. The summed E-state index contributed by atoms with van der Waals surface area (Å²) in [7, 11) is 7.98. The van der Waals surface area contributed by atoms with Crippen molar-refractivity contribution in [3.8, 4) is 0 Å². The normalized spacial score (nSPS) is 19.2. The molecule has 0 bridgehead atoms. The Labute approximate surface area is 251 Å². The van der Waals surface area contributed by atoms with E-state index in [-0.39, 0.29) is 82.5 Å². The van der Waals surface area contributed by atoms with Crippen molar-refractivity contribution in [2.24, 2.45) is 0 Å². The number of methoxy groups -OCH3 is 1. The van der Waals surface area contributed by atoms with Crippen LogP contribution in [-0.4, -0.2) is 89.2 Å². The molecule has 0 saturated carbocycles. The maximum atomic E-state index is 11.3. The number of unbranched alkanes of at least 4 members (excludes halogenated alkanes) is 2. The number of anilines is 2. The van der Waals surface area contributed by atoms with Gasteiger partial charge in [0.2, 0.25) is 0 Å². The number of benzene rings is 2. The van der Waals surface area contributed by atoms with Crippen LogP contribution < -0.4 is 9.80 Å². The summed E-state index contributed by atoms with van der Waals surface area (Å²) in [4.78, 5) is 17.5. The first-order valence-corrected chi connectivity index (χ1v) is 13.8. The Morgan fingerprint density at radius 2 is 1.55 bits per heavy atom. The van der Waals surface area contributed by atoms with E-state index in [2.05, 4.69) is 9.80 Å². The van der Waals surface area contributed by atoms with E-state index in [1.54, 1.807) is 40.3 Å². The fourth-order valence-corrected chi connectivity index (χ4v) is 4.67. The fraction of sp³-hybridized carbons (Fsp3) is 0.412. The summed E-state index contributed by atoms with van der Waals surface area (Å²) >= 11 is 0. The molecule has 0 N–H and O–H groups in total. The maximum absolute atomic E-state index is 11.3. The van der Waals surface area contributed by atoms with Crippen molar-refractivity contribution in [3.63, 3.8) is 0 Å². The van der Waals surface area contributed by atoms with Gasteiger partial charge in [-0.05, 0) is 78.0 Å². The van der Waals surface area contributed by atoms with Crippen LogP contribution in [0.2, 0.25) is 0 Å². The van der Waals surface area contributed by atoms with Gasteiger partial charge in [-0.3, -0.25) is 9.69 Å². The molecule has 1 aliphatic heterocycles. The zero-order valence-electron chi connectivity index (χ0n) is 32.3. The average molecular weight is 550 g/mol. The van der Waals surface area contributed by atoms with Crippen molar-refractivity contribution in [3.05, 3.63) is 89.3 Å². The number of esters is 1. The molecule has 0 aromatic heterocycles. The van der Waals surface area contributed by atoms with Crippen LogP contribution in [0.15, 0.2) is 78.2 Å². The molecule has 0 amide bonds. The molecular formula is C34H45N4O2+. The number of carbonyl (C=O) groups excluding carboxylic acids is 1. The van der Waals surface area contributed by atoms with E-state index < -0.39 is 0 Å². The molecular weight excluding hydrogens is 496 g/mol. The lowest BCUT2D eigenvalue weighted by Gasteiger charge is -2.36. The highest BCUT2D eigenvalue weighted by Gasteiger charge is 2.18. The minimum atomic E-state index is -0.325. The second kappa shape index (κ2) is 14.1. The van der Waals surface area contributed by atoms with E-state index in [4.69, 9.17) is 15.7 Å². The van der Waals surface area contributed by atoms with Gasteiger partial charge in [0.05, 0.1) is 18.1 Å². The molecule has 0 atom stereocenters. The van der Waals surface area contributed by atoms with Crippen molar-refractivity contribution in [1.82, 2.24) is 4.90 Å². The van der Waals surface area contributed by atoms with Gasteiger partial charge in [0.15, 0.2) is 5.71 Å². The second-order valence-electron chi connectivity index (χ2n) is 10.4. The minimum absolute atomic E-state index is 0.0815. The van der Waals surface area contributed by atoms with E-state index >= 15 is 0 Å². The van der Waals surface area contributed by atoms with Gasteiger partial charge in [0.1, 0.15) is 14.1 Å².